The van der Waals surface area contributed by atoms with Crippen LogP contribution in [0.5, 0.6) is 5.75 Å². The van der Waals surface area contributed by atoms with Gasteiger partial charge in [-0.1, -0.05) is 12.1 Å². The second-order valence-corrected chi connectivity index (χ2v) is 6.54. The molecule has 1 N–H and O–H groups in total. The van der Waals surface area contributed by atoms with Gasteiger partial charge < -0.3 is 9.47 Å². The van der Waals surface area contributed by atoms with E-state index in [4.69, 9.17) is 9.47 Å². The van der Waals surface area contributed by atoms with E-state index in [0.717, 1.165) is 19.3 Å². The van der Waals surface area contributed by atoms with Crippen molar-refractivity contribution in [3.63, 3.8) is 0 Å². The molecule has 25 heavy (non-hydrogen) atoms. The van der Waals surface area contributed by atoms with Gasteiger partial charge in [-0.15, -0.1) is 11.3 Å². The summed E-state index contributed by atoms with van der Waals surface area (Å²) in [4.78, 5) is 35.4. The third-order valence-corrected chi connectivity index (χ3v) is 4.66. The van der Waals surface area contributed by atoms with Gasteiger partial charge in [-0.3, -0.25) is 14.9 Å². The Balaban J connectivity index is 1.39. The Bertz CT molecular complexity index is 785. The molecule has 0 saturated carbocycles. The number of ether oxygens (including phenoxy) is 2. The largest absolute Gasteiger partial charge is 0.482 e. The van der Waals surface area contributed by atoms with E-state index in [1.807, 2.05) is 18.2 Å². The molecule has 1 aliphatic carbocycles. The molecular formula is C18H17NO5S. The first-order valence-electron chi connectivity index (χ1n) is 7.90. The topological polar surface area (TPSA) is 81.7 Å². The molecule has 1 aromatic heterocycles. The van der Waals surface area contributed by atoms with Gasteiger partial charge in [-0.05, 0) is 54.0 Å². The van der Waals surface area contributed by atoms with Crippen molar-refractivity contribution in [3.8, 4) is 5.75 Å². The van der Waals surface area contributed by atoms with Gasteiger partial charge in [0.05, 0.1) is 4.88 Å². The molecule has 7 heteroatoms. The number of imide groups is 1. The molecule has 3 rings (SSSR count). The van der Waals surface area contributed by atoms with E-state index in [-0.39, 0.29) is 6.61 Å². The van der Waals surface area contributed by atoms with E-state index >= 15 is 0 Å². The van der Waals surface area contributed by atoms with Crippen molar-refractivity contribution in [1.29, 1.82) is 0 Å². The predicted molar refractivity (Wildman–Crippen MR) is 91.7 cm³/mol. The van der Waals surface area contributed by atoms with Crippen LogP contribution in [0.15, 0.2) is 35.7 Å². The molecule has 0 bridgehead atoms. The Morgan fingerprint density at radius 2 is 1.92 bits per heavy atom. The number of thiophene rings is 1. The minimum atomic E-state index is -0.677. The number of carbonyl (C=O) groups is 3. The van der Waals surface area contributed by atoms with Crippen LogP contribution in [0.4, 0.5) is 0 Å². The van der Waals surface area contributed by atoms with Crippen molar-refractivity contribution in [1.82, 2.24) is 5.32 Å². The van der Waals surface area contributed by atoms with Gasteiger partial charge >= 0.3 is 5.97 Å². The van der Waals surface area contributed by atoms with Gasteiger partial charge in [0, 0.05) is 0 Å². The maximum absolute atomic E-state index is 11.7. The zero-order valence-electron chi connectivity index (χ0n) is 13.4. The van der Waals surface area contributed by atoms with Crippen LogP contribution >= 0.6 is 11.3 Å². The molecule has 130 valence electrons. The third-order valence-electron chi connectivity index (χ3n) is 3.79. The minimum Gasteiger partial charge on any atom is -0.482 e. The fraction of sp³-hybridized carbons (Fsp3) is 0.278. The first-order valence-corrected chi connectivity index (χ1v) is 8.78. The molecule has 2 amide bonds. The van der Waals surface area contributed by atoms with E-state index in [0.29, 0.717) is 10.6 Å². The summed E-state index contributed by atoms with van der Waals surface area (Å²) in [5.74, 6) is -1.25. The lowest BCUT2D eigenvalue weighted by atomic mass is 10.1. The number of fused-ring (bicyclic) bond motifs is 1. The predicted octanol–water partition coefficient (Wildman–Crippen LogP) is 2.12. The van der Waals surface area contributed by atoms with Crippen molar-refractivity contribution >= 4 is 29.1 Å². The zero-order chi connectivity index (χ0) is 17.6. The van der Waals surface area contributed by atoms with Crippen LogP contribution in [0.25, 0.3) is 0 Å². The minimum absolute atomic E-state index is 0.287. The fourth-order valence-electron chi connectivity index (χ4n) is 2.60. The molecule has 0 radical (unpaired) electrons. The van der Waals surface area contributed by atoms with Crippen molar-refractivity contribution in [3.05, 3.63) is 51.7 Å². The van der Waals surface area contributed by atoms with Crippen LogP contribution in [-0.4, -0.2) is 31.0 Å². The van der Waals surface area contributed by atoms with Crippen molar-refractivity contribution in [2.45, 2.75) is 19.3 Å². The SMILES string of the molecule is O=C(COC(=O)COc1ccc2c(c1)CCC2)NC(=O)c1cccs1. The highest BCUT2D eigenvalue weighted by atomic mass is 32.1. The van der Waals surface area contributed by atoms with Gasteiger partial charge in [0.2, 0.25) is 0 Å². The van der Waals surface area contributed by atoms with Gasteiger partial charge in [0.25, 0.3) is 11.8 Å². The maximum Gasteiger partial charge on any atom is 0.344 e. The maximum atomic E-state index is 11.7. The van der Waals surface area contributed by atoms with Crippen LogP contribution in [-0.2, 0) is 27.2 Å². The number of esters is 1. The van der Waals surface area contributed by atoms with Crippen LogP contribution in [0.2, 0.25) is 0 Å². The molecule has 6 nitrogen and oxygen atoms in total. The summed E-state index contributed by atoms with van der Waals surface area (Å²) < 4.78 is 10.2. The molecule has 0 saturated heterocycles. The summed E-state index contributed by atoms with van der Waals surface area (Å²) in [6, 6.07) is 9.07. The monoisotopic (exact) mass is 359 g/mol. The van der Waals surface area contributed by atoms with E-state index < -0.39 is 24.4 Å². The van der Waals surface area contributed by atoms with Crippen LogP contribution < -0.4 is 10.1 Å². The number of rotatable bonds is 6. The molecule has 0 atom stereocenters. The summed E-state index contributed by atoms with van der Waals surface area (Å²) in [6.45, 7) is -0.811. The van der Waals surface area contributed by atoms with Crippen LogP contribution in [0.1, 0.15) is 27.2 Å². The Labute approximate surface area is 148 Å². The molecule has 1 aromatic carbocycles. The quantitative estimate of drug-likeness (QED) is 0.799. The summed E-state index contributed by atoms with van der Waals surface area (Å²) in [6.07, 6.45) is 3.24. The number of nitrogens with one attached hydrogen (secondary N) is 1. The smallest absolute Gasteiger partial charge is 0.344 e. The summed E-state index contributed by atoms with van der Waals surface area (Å²) in [5, 5.41) is 3.89. The average molecular weight is 359 g/mol. The van der Waals surface area contributed by atoms with E-state index in [9.17, 15) is 14.4 Å². The lowest BCUT2D eigenvalue weighted by molar-refractivity contribution is -0.150. The van der Waals surface area contributed by atoms with Crippen LogP contribution in [0, 0.1) is 0 Å². The van der Waals surface area contributed by atoms with Crippen molar-refractivity contribution in [2.24, 2.45) is 0 Å². The highest BCUT2D eigenvalue weighted by Gasteiger charge is 2.14. The van der Waals surface area contributed by atoms with E-state index in [1.54, 1.807) is 17.5 Å². The van der Waals surface area contributed by atoms with Crippen molar-refractivity contribution in [2.75, 3.05) is 13.2 Å². The Kier molecular flexibility index (Phi) is 5.45. The molecule has 1 aliphatic rings. The highest BCUT2D eigenvalue weighted by Crippen LogP contribution is 2.25. The van der Waals surface area contributed by atoms with Gasteiger partial charge in [-0.2, -0.15) is 0 Å². The first kappa shape index (κ1) is 17.2. The van der Waals surface area contributed by atoms with Crippen molar-refractivity contribution < 1.29 is 23.9 Å². The molecule has 0 aliphatic heterocycles. The molecule has 1 heterocycles. The highest BCUT2D eigenvalue weighted by molar-refractivity contribution is 7.12. The van der Waals surface area contributed by atoms with E-state index in [1.165, 1.54) is 22.5 Å². The summed E-state index contributed by atoms with van der Waals surface area (Å²) >= 11 is 1.22. The number of carbonyl (C=O) groups excluding carboxylic acids is 3. The first-order chi connectivity index (χ1) is 12.1. The number of hydrogen-bond acceptors (Lipinski definition) is 6. The fourth-order valence-corrected chi connectivity index (χ4v) is 3.22. The molecular weight excluding hydrogens is 342 g/mol. The second kappa shape index (κ2) is 7.94. The third kappa shape index (κ3) is 4.67. The summed E-state index contributed by atoms with van der Waals surface area (Å²) in [5.41, 5.74) is 2.57. The van der Waals surface area contributed by atoms with Gasteiger partial charge in [-0.25, -0.2) is 4.79 Å². The van der Waals surface area contributed by atoms with Gasteiger partial charge in [0.1, 0.15) is 5.75 Å². The number of aryl methyl sites for hydroxylation is 2. The Hall–Kier alpha value is -2.67. The average Bonchev–Trinajstić information content (AvgIpc) is 3.28. The zero-order valence-corrected chi connectivity index (χ0v) is 14.3. The molecule has 0 fully saturated rings. The molecule has 2 aromatic rings. The Morgan fingerprint density at radius 1 is 1.08 bits per heavy atom. The van der Waals surface area contributed by atoms with Crippen LogP contribution in [0.3, 0.4) is 0 Å². The van der Waals surface area contributed by atoms with Gasteiger partial charge in [0.15, 0.2) is 13.2 Å². The normalized spacial score (nSPS) is 12.3. The Morgan fingerprint density at radius 3 is 2.72 bits per heavy atom. The molecule has 0 spiro atoms. The number of hydrogen-bond donors (Lipinski definition) is 1. The molecule has 0 unspecified atom stereocenters. The van der Waals surface area contributed by atoms with E-state index in [2.05, 4.69) is 5.32 Å². The number of amides is 2. The number of benzene rings is 1. The summed E-state index contributed by atoms with van der Waals surface area (Å²) in [7, 11) is 0. The second-order valence-electron chi connectivity index (χ2n) is 5.59. The lowest BCUT2D eigenvalue weighted by Gasteiger charge is -2.08. The standard InChI is InChI=1S/C18H17NO5S/c20-16(19-18(22)15-5-2-8-25-15)10-24-17(21)11-23-14-7-6-12-3-1-4-13(12)9-14/h2,5-9H,1,3-4,10-11H2,(H,19,20,22). The lowest BCUT2D eigenvalue weighted by Crippen LogP contribution is -2.34.